The lowest BCUT2D eigenvalue weighted by Crippen LogP contribution is -2.38. The summed E-state index contributed by atoms with van der Waals surface area (Å²) in [6.07, 6.45) is 0. The Morgan fingerprint density at radius 2 is 1.86 bits per heavy atom. The lowest BCUT2D eigenvalue weighted by Gasteiger charge is -2.27. The Balaban J connectivity index is 1.70. The van der Waals surface area contributed by atoms with Crippen LogP contribution in [0.25, 0.3) is 0 Å². The molecule has 1 fully saturated rings. The Bertz CT molecular complexity index is 892. The van der Waals surface area contributed by atoms with E-state index in [2.05, 4.69) is 25.6 Å². The van der Waals surface area contributed by atoms with Crippen molar-refractivity contribution in [2.24, 2.45) is 0 Å². The second-order valence-corrected chi connectivity index (χ2v) is 6.38. The van der Waals surface area contributed by atoms with E-state index < -0.39 is 29.2 Å². The molecule has 1 aromatic carbocycles. The lowest BCUT2D eigenvalue weighted by molar-refractivity contribution is 0.122. The maximum absolute atomic E-state index is 13.7. The number of rotatable bonds is 5. The highest BCUT2D eigenvalue weighted by atomic mass is 19.2. The first-order valence-electron chi connectivity index (χ1n) is 8.78. The van der Waals surface area contributed by atoms with Crippen LogP contribution >= 0.6 is 0 Å². The third-order valence-corrected chi connectivity index (χ3v) is 4.04. The standard InChI is InChI=1S/C17H20F3N7O2/c1-26(2)15-23-12(24-16(25-15)27-5-7-29-8-6-27)9-21-17(28)22-11-4-3-10(18)13(19)14(11)20/h3-4H,5-9H2,1-2H3,(H2,21,22,28). The second-order valence-electron chi connectivity index (χ2n) is 6.38. The number of halogens is 3. The number of amides is 2. The summed E-state index contributed by atoms with van der Waals surface area (Å²) in [6, 6.07) is 0.823. The molecule has 2 aromatic rings. The Kier molecular flexibility index (Phi) is 6.32. The van der Waals surface area contributed by atoms with Gasteiger partial charge in [-0.15, -0.1) is 0 Å². The molecule has 3 rings (SSSR count). The second kappa shape index (κ2) is 8.90. The average Bonchev–Trinajstić information content (AvgIpc) is 2.73. The van der Waals surface area contributed by atoms with Crippen LogP contribution in [-0.2, 0) is 11.3 Å². The highest BCUT2D eigenvalue weighted by Gasteiger charge is 2.18. The van der Waals surface area contributed by atoms with Gasteiger partial charge in [0.05, 0.1) is 25.4 Å². The van der Waals surface area contributed by atoms with Gasteiger partial charge in [-0.3, -0.25) is 0 Å². The molecule has 2 heterocycles. The molecule has 2 amide bonds. The minimum Gasteiger partial charge on any atom is -0.378 e. The van der Waals surface area contributed by atoms with Gasteiger partial charge in [0.1, 0.15) is 0 Å². The van der Waals surface area contributed by atoms with Crippen molar-refractivity contribution in [1.29, 1.82) is 0 Å². The van der Waals surface area contributed by atoms with Crippen molar-refractivity contribution in [3.8, 4) is 0 Å². The molecule has 156 valence electrons. The fraction of sp³-hybridized carbons (Fsp3) is 0.412. The van der Waals surface area contributed by atoms with Crippen LogP contribution in [0.3, 0.4) is 0 Å². The maximum Gasteiger partial charge on any atom is 0.319 e. The first-order chi connectivity index (χ1) is 13.8. The van der Waals surface area contributed by atoms with Crippen molar-refractivity contribution in [2.45, 2.75) is 6.54 Å². The van der Waals surface area contributed by atoms with Gasteiger partial charge in [0.2, 0.25) is 11.9 Å². The molecule has 1 aliphatic heterocycles. The highest BCUT2D eigenvalue weighted by molar-refractivity contribution is 5.89. The molecule has 0 atom stereocenters. The van der Waals surface area contributed by atoms with Gasteiger partial charge in [-0.05, 0) is 12.1 Å². The number of carbonyl (C=O) groups is 1. The van der Waals surface area contributed by atoms with Gasteiger partial charge >= 0.3 is 6.03 Å². The van der Waals surface area contributed by atoms with Crippen molar-refractivity contribution in [1.82, 2.24) is 20.3 Å². The average molecular weight is 411 g/mol. The van der Waals surface area contributed by atoms with E-state index in [1.54, 1.807) is 19.0 Å². The number of benzene rings is 1. The van der Waals surface area contributed by atoms with E-state index in [9.17, 15) is 18.0 Å². The van der Waals surface area contributed by atoms with Crippen LogP contribution in [0.4, 0.5) is 35.5 Å². The minimum absolute atomic E-state index is 0.0855. The number of nitrogens with zero attached hydrogens (tertiary/aromatic N) is 5. The summed E-state index contributed by atoms with van der Waals surface area (Å²) in [5, 5.41) is 4.58. The SMILES string of the molecule is CN(C)c1nc(CNC(=O)Nc2ccc(F)c(F)c2F)nc(N2CCOCC2)n1. The van der Waals surface area contributed by atoms with Crippen LogP contribution in [0.2, 0.25) is 0 Å². The Morgan fingerprint density at radius 3 is 2.55 bits per heavy atom. The summed E-state index contributed by atoms with van der Waals surface area (Å²) >= 11 is 0. The summed E-state index contributed by atoms with van der Waals surface area (Å²) < 4.78 is 45.2. The molecule has 1 saturated heterocycles. The van der Waals surface area contributed by atoms with Gasteiger partial charge in [-0.1, -0.05) is 0 Å². The fourth-order valence-corrected chi connectivity index (χ4v) is 2.53. The molecule has 1 aromatic heterocycles. The van der Waals surface area contributed by atoms with Crippen LogP contribution in [0.15, 0.2) is 12.1 Å². The quantitative estimate of drug-likeness (QED) is 0.720. The Hall–Kier alpha value is -3.15. The summed E-state index contributed by atoms with van der Waals surface area (Å²) in [4.78, 5) is 28.7. The third kappa shape index (κ3) is 5.02. The molecule has 0 aliphatic carbocycles. The topological polar surface area (TPSA) is 95.5 Å². The minimum atomic E-state index is -1.66. The predicted octanol–water partition coefficient (Wildman–Crippen LogP) is 1.51. The number of urea groups is 1. The molecule has 0 radical (unpaired) electrons. The number of morpholine rings is 1. The van der Waals surface area contributed by atoms with E-state index in [0.29, 0.717) is 38.2 Å². The van der Waals surface area contributed by atoms with E-state index in [4.69, 9.17) is 4.74 Å². The summed E-state index contributed by atoms with van der Waals surface area (Å²) in [6.45, 7) is 2.27. The summed E-state index contributed by atoms with van der Waals surface area (Å²) in [5.41, 5.74) is -0.486. The van der Waals surface area contributed by atoms with Crippen molar-refractivity contribution < 1.29 is 22.7 Å². The van der Waals surface area contributed by atoms with Crippen LogP contribution in [0.1, 0.15) is 5.82 Å². The number of hydrogen-bond acceptors (Lipinski definition) is 7. The molecule has 0 unspecified atom stereocenters. The lowest BCUT2D eigenvalue weighted by atomic mass is 10.3. The van der Waals surface area contributed by atoms with Crippen LogP contribution in [0, 0.1) is 17.5 Å². The van der Waals surface area contributed by atoms with Crippen molar-refractivity contribution in [2.75, 3.05) is 55.5 Å². The highest BCUT2D eigenvalue weighted by Crippen LogP contribution is 2.19. The van der Waals surface area contributed by atoms with Gasteiger partial charge in [-0.2, -0.15) is 15.0 Å². The van der Waals surface area contributed by atoms with E-state index in [1.807, 2.05) is 4.90 Å². The van der Waals surface area contributed by atoms with Gasteiger partial charge in [0, 0.05) is 27.2 Å². The smallest absolute Gasteiger partial charge is 0.319 e. The first-order valence-corrected chi connectivity index (χ1v) is 8.78. The zero-order valence-electron chi connectivity index (χ0n) is 15.9. The van der Waals surface area contributed by atoms with E-state index >= 15 is 0 Å². The molecule has 0 bridgehead atoms. The molecule has 2 N–H and O–H groups in total. The Morgan fingerprint density at radius 1 is 1.14 bits per heavy atom. The Labute approximate surface area is 164 Å². The third-order valence-electron chi connectivity index (χ3n) is 4.04. The van der Waals surface area contributed by atoms with Crippen molar-refractivity contribution >= 4 is 23.6 Å². The molecule has 0 saturated carbocycles. The summed E-state index contributed by atoms with van der Waals surface area (Å²) in [7, 11) is 3.54. The zero-order chi connectivity index (χ0) is 21.0. The molecular formula is C17H20F3N7O2. The van der Waals surface area contributed by atoms with E-state index in [0.717, 1.165) is 12.1 Å². The van der Waals surface area contributed by atoms with Crippen molar-refractivity contribution in [3.63, 3.8) is 0 Å². The predicted molar refractivity (Wildman–Crippen MR) is 99.4 cm³/mol. The molecular weight excluding hydrogens is 391 g/mol. The number of ether oxygens (including phenoxy) is 1. The zero-order valence-corrected chi connectivity index (χ0v) is 15.9. The molecule has 0 spiro atoms. The number of anilines is 3. The molecule has 12 heteroatoms. The van der Waals surface area contributed by atoms with Gasteiger partial charge < -0.3 is 25.2 Å². The van der Waals surface area contributed by atoms with Crippen molar-refractivity contribution in [3.05, 3.63) is 35.4 Å². The fourth-order valence-electron chi connectivity index (χ4n) is 2.53. The first kappa shape index (κ1) is 20.6. The number of hydrogen-bond donors (Lipinski definition) is 2. The molecule has 1 aliphatic rings. The monoisotopic (exact) mass is 411 g/mol. The molecule has 29 heavy (non-hydrogen) atoms. The number of aromatic nitrogens is 3. The number of carbonyl (C=O) groups excluding carboxylic acids is 1. The van der Waals surface area contributed by atoms with Gasteiger partial charge in [-0.25, -0.2) is 18.0 Å². The van der Waals surface area contributed by atoms with Gasteiger partial charge in [0.25, 0.3) is 0 Å². The van der Waals surface area contributed by atoms with Crippen LogP contribution in [-0.4, -0.2) is 61.4 Å². The largest absolute Gasteiger partial charge is 0.378 e. The van der Waals surface area contributed by atoms with E-state index in [1.165, 1.54) is 0 Å². The number of nitrogens with one attached hydrogen (secondary N) is 2. The van der Waals surface area contributed by atoms with E-state index in [-0.39, 0.29) is 12.4 Å². The summed E-state index contributed by atoms with van der Waals surface area (Å²) in [5.74, 6) is -3.34. The van der Waals surface area contributed by atoms with Crippen LogP contribution in [0.5, 0.6) is 0 Å². The maximum atomic E-state index is 13.7. The van der Waals surface area contributed by atoms with Crippen LogP contribution < -0.4 is 20.4 Å². The normalized spacial score (nSPS) is 13.9. The molecule has 9 nitrogen and oxygen atoms in total. The van der Waals surface area contributed by atoms with Gasteiger partial charge in [0.15, 0.2) is 23.3 Å².